The topological polar surface area (TPSA) is 12.0 Å². The van der Waals surface area contributed by atoms with Crippen LogP contribution in [0.2, 0.25) is 5.02 Å². The van der Waals surface area contributed by atoms with Crippen molar-refractivity contribution >= 4 is 11.6 Å². The van der Waals surface area contributed by atoms with Crippen LogP contribution < -0.4 is 5.32 Å². The summed E-state index contributed by atoms with van der Waals surface area (Å²) in [6.45, 7) is 7.55. The molecule has 3 heteroatoms. The Morgan fingerprint density at radius 2 is 2.06 bits per heavy atom. The zero-order valence-corrected chi connectivity index (χ0v) is 12.2. The fraction of sp³-hybridized carbons (Fsp3) is 0.600. The van der Waals surface area contributed by atoms with Gasteiger partial charge in [0, 0.05) is 11.1 Å². The van der Waals surface area contributed by atoms with Crippen LogP contribution in [0.4, 0.5) is 4.39 Å². The van der Waals surface area contributed by atoms with Gasteiger partial charge in [-0.25, -0.2) is 4.39 Å². The highest BCUT2D eigenvalue weighted by Gasteiger charge is 2.11. The van der Waals surface area contributed by atoms with Gasteiger partial charge >= 0.3 is 0 Å². The lowest BCUT2D eigenvalue weighted by atomic mass is 9.94. The van der Waals surface area contributed by atoms with Crippen molar-refractivity contribution in [3.05, 3.63) is 34.6 Å². The molecule has 1 rings (SSSR count). The molecular formula is C15H23ClFN. The molecule has 1 N–H and O–H groups in total. The van der Waals surface area contributed by atoms with Gasteiger partial charge in [0.05, 0.1) is 0 Å². The van der Waals surface area contributed by atoms with Crippen LogP contribution in [-0.2, 0) is 6.42 Å². The summed E-state index contributed by atoms with van der Waals surface area (Å²) in [4.78, 5) is 0. The van der Waals surface area contributed by atoms with E-state index in [1.165, 1.54) is 6.07 Å². The Bertz CT molecular complexity index is 368. The van der Waals surface area contributed by atoms with Crippen LogP contribution in [-0.4, -0.2) is 12.6 Å². The fourth-order valence-corrected chi connectivity index (χ4v) is 2.38. The number of nitrogens with one attached hydrogen (secondary N) is 1. The largest absolute Gasteiger partial charge is 0.314 e. The smallest absolute Gasteiger partial charge is 0.127 e. The second-order valence-corrected chi connectivity index (χ2v) is 5.57. The molecule has 0 saturated heterocycles. The molecule has 0 saturated carbocycles. The summed E-state index contributed by atoms with van der Waals surface area (Å²) in [7, 11) is 0. The Morgan fingerprint density at radius 1 is 1.33 bits per heavy atom. The minimum absolute atomic E-state index is 0.191. The van der Waals surface area contributed by atoms with Crippen molar-refractivity contribution < 1.29 is 4.39 Å². The van der Waals surface area contributed by atoms with Crippen molar-refractivity contribution in [1.82, 2.24) is 5.32 Å². The van der Waals surface area contributed by atoms with Crippen molar-refractivity contribution in [2.45, 2.75) is 46.1 Å². The lowest BCUT2D eigenvalue weighted by Crippen LogP contribution is -2.28. The molecule has 0 aliphatic heterocycles. The molecule has 2 unspecified atom stereocenters. The van der Waals surface area contributed by atoms with Crippen LogP contribution in [0.3, 0.4) is 0 Å². The molecule has 0 fully saturated rings. The quantitative estimate of drug-likeness (QED) is 0.773. The van der Waals surface area contributed by atoms with E-state index >= 15 is 0 Å². The third kappa shape index (κ3) is 5.36. The van der Waals surface area contributed by atoms with Crippen LogP contribution in [0.25, 0.3) is 0 Å². The molecule has 1 aromatic carbocycles. The second kappa shape index (κ2) is 7.75. The van der Waals surface area contributed by atoms with Crippen molar-refractivity contribution in [3.8, 4) is 0 Å². The summed E-state index contributed by atoms with van der Waals surface area (Å²) in [6, 6.07) is 5.42. The Kier molecular flexibility index (Phi) is 6.66. The average molecular weight is 272 g/mol. The van der Waals surface area contributed by atoms with Crippen molar-refractivity contribution in [2.24, 2.45) is 5.92 Å². The van der Waals surface area contributed by atoms with Gasteiger partial charge in [-0.3, -0.25) is 0 Å². The van der Waals surface area contributed by atoms with Crippen LogP contribution >= 0.6 is 11.6 Å². The zero-order chi connectivity index (χ0) is 13.5. The molecule has 0 bridgehead atoms. The number of halogens is 2. The van der Waals surface area contributed by atoms with Gasteiger partial charge < -0.3 is 5.32 Å². The molecule has 1 nitrogen and oxygen atoms in total. The van der Waals surface area contributed by atoms with Gasteiger partial charge in [-0.05, 0) is 56.3 Å². The number of benzene rings is 1. The first kappa shape index (κ1) is 15.5. The molecule has 0 aliphatic rings. The standard InChI is InChI=1S/C15H23ClFN/c1-4-7-18-12(3)8-11(2)9-13-5-6-14(16)10-15(13)17/h5-6,10-12,18H,4,7-9H2,1-3H3. The monoisotopic (exact) mass is 271 g/mol. The van der Waals surface area contributed by atoms with Crippen LogP contribution in [0.15, 0.2) is 18.2 Å². The average Bonchev–Trinajstić information content (AvgIpc) is 2.30. The van der Waals surface area contributed by atoms with E-state index in [9.17, 15) is 4.39 Å². The molecular weight excluding hydrogens is 249 g/mol. The maximum absolute atomic E-state index is 13.7. The van der Waals surface area contributed by atoms with E-state index in [4.69, 9.17) is 11.6 Å². The van der Waals surface area contributed by atoms with Gasteiger partial charge in [0.25, 0.3) is 0 Å². The Hall–Kier alpha value is -0.600. The van der Waals surface area contributed by atoms with E-state index in [0.717, 1.165) is 31.4 Å². The molecule has 1 aromatic rings. The Morgan fingerprint density at radius 3 is 2.67 bits per heavy atom. The van der Waals surface area contributed by atoms with Gasteiger partial charge in [0.2, 0.25) is 0 Å². The first-order chi connectivity index (χ1) is 8.52. The fourth-order valence-electron chi connectivity index (χ4n) is 2.22. The molecule has 0 spiro atoms. The first-order valence-electron chi connectivity index (χ1n) is 6.70. The van der Waals surface area contributed by atoms with Crippen molar-refractivity contribution in [2.75, 3.05) is 6.54 Å². The normalized spacial score (nSPS) is 14.5. The predicted molar refractivity (Wildman–Crippen MR) is 76.7 cm³/mol. The number of rotatable bonds is 7. The highest BCUT2D eigenvalue weighted by atomic mass is 35.5. The maximum atomic E-state index is 13.7. The van der Waals surface area contributed by atoms with Crippen molar-refractivity contribution in [3.63, 3.8) is 0 Å². The minimum atomic E-state index is -0.191. The summed E-state index contributed by atoms with van der Waals surface area (Å²) in [5, 5.41) is 3.92. The van der Waals surface area contributed by atoms with Gasteiger partial charge in [-0.15, -0.1) is 0 Å². The molecule has 0 aromatic heterocycles. The van der Waals surface area contributed by atoms with Crippen LogP contribution in [0.1, 0.15) is 39.2 Å². The molecule has 102 valence electrons. The van der Waals surface area contributed by atoms with Gasteiger partial charge in [0.15, 0.2) is 0 Å². The number of hydrogen-bond donors (Lipinski definition) is 1. The van der Waals surface area contributed by atoms with E-state index in [1.54, 1.807) is 12.1 Å². The molecule has 0 amide bonds. The lowest BCUT2D eigenvalue weighted by Gasteiger charge is -2.18. The van der Waals surface area contributed by atoms with Gasteiger partial charge in [-0.1, -0.05) is 31.5 Å². The van der Waals surface area contributed by atoms with E-state index in [1.807, 2.05) is 0 Å². The van der Waals surface area contributed by atoms with Crippen molar-refractivity contribution in [1.29, 1.82) is 0 Å². The molecule has 2 atom stereocenters. The third-order valence-electron chi connectivity index (χ3n) is 3.08. The van der Waals surface area contributed by atoms with Gasteiger partial charge in [0.1, 0.15) is 5.82 Å². The van der Waals surface area contributed by atoms with Crippen LogP contribution in [0.5, 0.6) is 0 Å². The Labute approximate surface area is 115 Å². The highest BCUT2D eigenvalue weighted by molar-refractivity contribution is 6.30. The third-order valence-corrected chi connectivity index (χ3v) is 3.32. The molecule has 18 heavy (non-hydrogen) atoms. The van der Waals surface area contributed by atoms with Crippen LogP contribution in [0, 0.1) is 11.7 Å². The predicted octanol–water partition coefficient (Wildman–Crippen LogP) is 4.44. The minimum Gasteiger partial charge on any atom is -0.314 e. The summed E-state index contributed by atoms with van der Waals surface area (Å²) < 4.78 is 13.7. The summed E-state index contributed by atoms with van der Waals surface area (Å²) in [5.74, 6) is 0.267. The lowest BCUT2D eigenvalue weighted by molar-refractivity contribution is 0.415. The van der Waals surface area contributed by atoms with E-state index in [0.29, 0.717) is 17.0 Å². The highest BCUT2D eigenvalue weighted by Crippen LogP contribution is 2.19. The zero-order valence-electron chi connectivity index (χ0n) is 11.5. The summed E-state index contributed by atoms with van der Waals surface area (Å²) in [5.41, 5.74) is 0.759. The van der Waals surface area contributed by atoms with E-state index in [-0.39, 0.29) is 5.82 Å². The summed E-state index contributed by atoms with van der Waals surface area (Å²) in [6.07, 6.45) is 2.97. The SMILES string of the molecule is CCCNC(C)CC(C)Cc1ccc(Cl)cc1F. The van der Waals surface area contributed by atoms with Gasteiger partial charge in [-0.2, -0.15) is 0 Å². The molecule has 0 heterocycles. The second-order valence-electron chi connectivity index (χ2n) is 5.14. The summed E-state index contributed by atoms with van der Waals surface area (Å²) >= 11 is 5.75. The van der Waals surface area contributed by atoms with E-state index < -0.39 is 0 Å². The first-order valence-corrected chi connectivity index (χ1v) is 7.08. The molecule has 0 aliphatic carbocycles. The molecule has 0 radical (unpaired) electrons. The maximum Gasteiger partial charge on any atom is 0.127 e. The Balaban J connectivity index is 2.46. The van der Waals surface area contributed by atoms with E-state index in [2.05, 4.69) is 26.1 Å². The number of hydrogen-bond acceptors (Lipinski definition) is 1.